The monoisotopic (exact) mass is 107 g/mol. The van der Waals surface area contributed by atoms with Gasteiger partial charge >= 0.3 is 0 Å². The molecule has 0 bridgehead atoms. The van der Waals surface area contributed by atoms with E-state index in [1.165, 1.54) is 0 Å². The largest absolute Gasteiger partial charge is 0.292 e. The Hall–Kier alpha value is 0.200. The zero-order valence-electron chi connectivity index (χ0n) is 2.46. The van der Waals surface area contributed by atoms with E-state index in [-0.39, 0.29) is 0 Å². The first-order valence-electron chi connectivity index (χ1n) is 0.952. The fraction of sp³-hybridized carbons (Fsp3) is 0. The highest BCUT2D eigenvalue weighted by Crippen LogP contribution is 1.95. The predicted molar refractivity (Wildman–Crippen MR) is 25.8 cm³/mol. The van der Waals surface area contributed by atoms with Crippen molar-refractivity contribution in [2.75, 3.05) is 0 Å². The molecule has 0 aromatic carbocycles. The molecule has 1 unspecified atom stereocenters. The first-order chi connectivity index (χ1) is 2.41. The van der Waals surface area contributed by atoms with Crippen LogP contribution in [0.15, 0.2) is 4.52 Å². The lowest BCUT2D eigenvalue weighted by atomic mass is 11.8. The van der Waals surface area contributed by atoms with E-state index in [0.29, 0.717) is 14.4 Å². The molecule has 0 saturated heterocycles. The summed E-state index contributed by atoms with van der Waals surface area (Å²) in [4.78, 5) is 9.29. The van der Waals surface area contributed by atoms with E-state index >= 15 is 0 Å². The van der Waals surface area contributed by atoms with Crippen molar-refractivity contribution >= 4 is 23.8 Å². The number of carbonyl (C=O) groups excluding carboxylic acids is 1. The van der Waals surface area contributed by atoms with Gasteiger partial charge in [0, 0.05) is 0 Å². The summed E-state index contributed by atoms with van der Waals surface area (Å²) < 4.78 is 3.38. The van der Waals surface area contributed by atoms with Crippen LogP contribution in [0, 0.1) is 0 Å². The average Bonchev–Trinajstić information content (AvgIpc) is 1.41. The van der Waals surface area contributed by atoms with Crippen LogP contribution in [0.5, 0.6) is 0 Å². The van der Waals surface area contributed by atoms with Gasteiger partial charge in [0.05, 0.1) is 8.37 Å². The molecule has 0 radical (unpaired) electrons. The van der Waals surface area contributed by atoms with Crippen molar-refractivity contribution < 1.29 is 4.79 Å². The van der Waals surface area contributed by atoms with E-state index in [4.69, 9.17) is 0 Å². The van der Waals surface area contributed by atoms with Gasteiger partial charge in [0.15, 0.2) is 6.03 Å². The summed E-state index contributed by atoms with van der Waals surface area (Å²) in [6.07, 6.45) is 0. The van der Waals surface area contributed by atoms with E-state index < -0.39 is 0 Å². The van der Waals surface area contributed by atoms with Crippen LogP contribution < -0.4 is 0 Å². The first kappa shape index (κ1) is 5.20. The molecule has 2 nitrogen and oxygen atoms in total. The smallest absolute Gasteiger partial charge is 0.188 e. The Kier molecular flexibility index (Phi) is 4.37. The topological polar surface area (TPSA) is 29.4 Å². The van der Waals surface area contributed by atoms with E-state index in [1.807, 2.05) is 0 Å². The molecule has 0 N–H and O–H groups in total. The third kappa shape index (κ3) is 4.20. The van der Waals surface area contributed by atoms with Crippen LogP contribution in [0.2, 0.25) is 0 Å². The summed E-state index contributed by atoms with van der Waals surface area (Å²) in [6, 6.07) is 0.715. The van der Waals surface area contributed by atoms with Crippen molar-refractivity contribution in [1.29, 1.82) is 0 Å². The van der Waals surface area contributed by atoms with Gasteiger partial charge in [-0.15, -0.1) is 0 Å². The van der Waals surface area contributed by atoms with E-state index in [1.54, 1.807) is 0 Å². The number of hydrogen-bond acceptors (Lipinski definition) is 2. The van der Waals surface area contributed by atoms with Gasteiger partial charge in [-0.05, 0) is 9.39 Å². The first-order valence-corrected chi connectivity index (χ1v) is 2.38. The third-order valence-electron chi connectivity index (χ3n) is 0.114. The van der Waals surface area contributed by atoms with Gasteiger partial charge in [-0.1, -0.05) is 0 Å². The number of nitrogens with zero attached hydrogens (tertiary/aromatic N) is 1. The zero-order valence-corrected chi connectivity index (χ0v) is 4.51. The van der Waals surface area contributed by atoms with Crippen LogP contribution in [-0.4, -0.2) is 6.03 Å². The predicted octanol–water partition coefficient (Wildman–Crippen LogP) is 1.10. The van der Waals surface area contributed by atoms with Crippen LogP contribution >= 0.6 is 17.8 Å². The highest BCUT2D eigenvalue weighted by molar-refractivity contribution is 7.49. The summed E-state index contributed by atoms with van der Waals surface area (Å²) >= 11 is 0. The minimum absolute atomic E-state index is 0.488. The van der Waals surface area contributed by atoms with Crippen molar-refractivity contribution in [1.82, 2.24) is 0 Å². The summed E-state index contributed by atoms with van der Waals surface area (Å²) in [7, 11) is 2.57. The quantitative estimate of drug-likeness (QED) is 0.364. The normalized spacial score (nSPS) is 9.00. The number of hydrogen-bond donors (Lipinski definition) is 0. The van der Waals surface area contributed by atoms with Crippen LogP contribution in [0.3, 0.4) is 0 Å². The molecule has 0 heterocycles. The van der Waals surface area contributed by atoms with Crippen molar-refractivity contribution in [2.45, 2.75) is 0 Å². The molecule has 0 fully saturated rings. The lowest BCUT2D eigenvalue weighted by Gasteiger charge is -1.51. The van der Waals surface area contributed by atoms with Gasteiger partial charge < -0.3 is 0 Å². The number of rotatable bonds is 1. The Labute approximate surface area is 34.1 Å². The van der Waals surface area contributed by atoms with Crippen LogP contribution in [0.4, 0.5) is 0 Å². The van der Waals surface area contributed by atoms with E-state index in [2.05, 4.69) is 13.9 Å². The Balaban J connectivity index is 2.92. The molecule has 0 aliphatic heterocycles. The molecule has 0 aromatic heterocycles. The molecule has 28 valence electrons. The lowest BCUT2D eigenvalue weighted by molar-refractivity contribution is 0.570. The molecule has 0 rings (SSSR count). The maximum atomic E-state index is 9.29. The SMILES string of the molecule is O=CP=NP. The second-order valence-corrected chi connectivity index (χ2v) is 1.70. The standard InChI is InChI=1S/CH3NOP2/c3-1-5-2-4/h1H,4H2. The van der Waals surface area contributed by atoms with E-state index in [9.17, 15) is 4.79 Å². The molecule has 0 saturated carbocycles. The highest BCUT2D eigenvalue weighted by Gasteiger charge is 1.51. The van der Waals surface area contributed by atoms with Gasteiger partial charge in [-0.2, -0.15) is 0 Å². The minimum atomic E-state index is 0.488. The van der Waals surface area contributed by atoms with Gasteiger partial charge in [0.2, 0.25) is 0 Å². The molecular formula is CH3NOP2. The Morgan fingerprint density at radius 1 is 2.00 bits per heavy atom. The maximum absolute atomic E-state index is 9.29. The zero-order chi connectivity index (χ0) is 4.12. The summed E-state index contributed by atoms with van der Waals surface area (Å²) in [5.41, 5.74) is 0. The Morgan fingerprint density at radius 3 is 2.60 bits per heavy atom. The van der Waals surface area contributed by atoms with Crippen molar-refractivity contribution in [2.24, 2.45) is 4.52 Å². The molecular weight excluding hydrogens is 104 g/mol. The van der Waals surface area contributed by atoms with Crippen molar-refractivity contribution in [3.8, 4) is 0 Å². The van der Waals surface area contributed by atoms with Gasteiger partial charge in [-0.3, -0.25) is 4.79 Å². The van der Waals surface area contributed by atoms with Crippen molar-refractivity contribution in [3.63, 3.8) is 0 Å². The lowest BCUT2D eigenvalue weighted by Crippen LogP contribution is -1.30. The molecule has 0 aliphatic carbocycles. The van der Waals surface area contributed by atoms with E-state index in [0.717, 1.165) is 0 Å². The molecule has 1 atom stereocenters. The molecule has 0 aromatic rings. The summed E-state index contributed by atoms with van der Waals surface area (Å²) in [6.45, 7) is 0. The fourth-order valence-corrected chi connectivity index (χ4v) is 0.245. The minimum Gasteiger partial charge on any atom is -0.292 e. The summed E-state index contributed by atoms with van der Waals surface area (Å²) in [5, 5.41) is 0. The molecule has 5 heavy (non-hydrogen) atoms. The molecule has 0 spiro atoms. The molecule has 4 heteroatoms. The summed E-state index contributed by atoms with van der Waals surface area (Å²) in [5.74, 6) is 0. The fourth-order valence-electron chi connectivity index (χ4n) is 0.0272. The van der Waals surface area contributed by atoms with Gasteiger partial charge in [0.25, 0.3) is 0 Å². The third-order valence-corrected chi connectivity index (χ3v) is 0.741. The Morgan fingerprint density at radius 2 is 2.60 bits per heavy atom. The van der Waals surface area contributed by atoms with Crippen LogP contribution in [-0.2, 0) is 4.79 Å². The van der Waals surface area contributed by atoms with Crippen LogP contribution in [0.1, 0.15) is 0 Å². The second kappa shape index (κ2) is 4.20. The number of carbonyl (C=O) groups is 1. The second-order valence-electron chi connectivity index (χ2n) is 0.336. The maximum Gasteiger partial charge on any atom is 0.188 e. The van der Waals surface area contributed by atoms with Gasteiger partial charge in [-0.25, -0.2) is 4.52 Å². The highest BCUT2D eigenvalue weighted by atomic mass is 31.1. The Bertz CT molecular complexity index is 51.6. The van der Waals surface area contributed by atoms with Gasteiger partial charge in [0.1, 0.15) is 0 Å². The van der Waals surface area contributed by atoms with Crippen molar-refractivity contribution in [3.05, 3.63) is 0 Å². The molecule has 0 amide bonds. The van der Waals surface area contributed by atoms with Crippen LogP contribution in [0.25, 0.3) is 0 Å². The molecule has 0 aliphatic rings. The average molecular weight is 107 g/mol.